The third-order valence-electron chi connectivity index (χ3n) is 3.84. The molecule has 21 heavy (non-hydrogen) atoms. The maximum Gasteiger partial charge on any atom is 0.272 e. The summed E-state index contributed by atoms with van der Waals surface area (Å²) in [5.41, 5.74) is 7.77. The molecule has 0 saturated carbocycles. The number of hydrogen-bond donors (Lipinski definition) is 1. The minimum atomic E-state index is -0.0879. The van der Waals surface area contributed by atoms with Crippen molar-refractivity contribution in [3.8, 4) is 0 Å². The van der Waals surface area contributed by atoms with Gasteiger partial charge in [0.1, 0.15) is 5.69 Å². The Morgan fingerprint density at radius 2 is 2.14 bits per heavy atom. The number of rotatable bonds is 1. The SMILES string of the molecule is CC1CN(C(=O)c2cc(N)c3ccccc3n2)C(C)CO1. The van der Waals surface area contributed by atoms with Crippen LogP contribution in [0.1, 0.15) is 24.3 Å². The van der Waals surface area contributed by atoms with Gasteiger partial charge in [-0.15, -0.1) is 0 Å². The number of anilines is 1. The van der Waals surface area contributed by atoms with Crippen LogP contribution in [0.5, 0.6) is 0 Å². The summed E-state index contributed by atoms with van der Waals surface area (Å²) in [6.07, 6.45) is 0.0444. The molecule has 110 valence electrons. The molecule has 2 heterocycles. The van der Waals surface area contributed by atoms with E-state index in [4.69, 9.17) is 10.5 Å². The van der Waals surface area contributed by atoms with Gasteiger partial charge in [0, 0.05) is 17.6 Å². The number of morpholine rings is 1. The standard InChI is InChI=1S/C16H19N3O2/c1-10-9-21-11(2)8-19(10)16(20)15-7-13(17)12-5-3-4-6-14(12)18-15/h3-7,10-11H,8-9H2,1-2H3,(H2,17,18). The highest BCUT2D eigenvalue weighted by atomic mass is 16.5. The molecule has 1 fully saturated rings. The lowest BCUT2D eigenvalue weighted by Gasteiger charge is -2.36. The van der Waals surface area contributed by atoms with Gasteiger partial charge in [0.15, 0.2) is 0 Å². The van der Waals surface area contributed by atoms with Gasteiger partial charge in [-0.25, -0.2) is 4.98 Å². The second kappa shape index (κ2) is 5.33. The Bertz CT molecular complexity index is 686. The van der Waals surface area contributed by atoms with Gasteiger partial charge in [0.25, 0.3) is 5.91 Å². The first kappa shape index (κ1) is 13.8. The highest BCUT2D eigenvalue weighted by Gasteiger charge is 2.29. The average Bonchev–Trinajstić information content (AvgIpc) is 2.49. The first-order valence-electron chi connectivity index (χ1n) is 7.14. The second-order valence-corrected chi connectivity index (χ2v) is 5.56. The highest BCUT2D eigenvalue weighted by Crippen LogP contribution is 2.22. The fourth-order valence-electron chi connectivity index (χ4n) is 2.65. The van der Waals surface area contributed by atoms with Crippen molar-refractivity contribution in [2.24, 2.45) is 0 Å². The average molecular weight is 285 g/mol. The number of amides is 1. The summed E-state index contributed by atoms with van der Waals surface area (Å²) in [5.74, 6) is -0.0879. The van der Waals surface area contributed by atoms with Gasteiger partial charge in [-0.05, 0) is 26.0 Å². The predicted octanol–water partition coefficient (Wildman–Crippen LogP) is 2.07. The second-order valence-electron chi connectivity index (χ2n) is 5.56. The Kier molecular flexibility index (Phi) is 3.51. The van der Waals surface area contributed by atoms with Crippen LogP contribution in [0.25, 0.3) is 10.9 Å². The van der Waals surface area contributed by atoms with Gasteiger partial charge in [-0.2, -0.15) is 0 Å². The molecular formula is C16H19N3O2. The molecule has 0 aliphatic carbocycles. The molecule has 1 saturated heterocycles. The zero-order valence-corrected chi connectivity index (χ0v) is 12.2. The van der Waals surface area contributed by atoms with Crippen molar-refractivity contribution in [3.63, 3.8) is 0 Å². The molecule has 1 aliphatic heterocycles. The van der Waals surface area contributed by atoms with E-state index in [0.29, 0.717) is 24.5 Å². The molecule has 3 rings (SSSR count). The van der Waals surface area contributed by atoms with E-state index in [0.717, 1.165) is 10.9 Å². The Labute approximate surface area is 123 Å². The molecule has 1 aromatic carbocycles. The number of benzene rings is 1. The number of hydrogen-bond acceptors (Lipinski definition) is 4. The molecule has 2 atom stereocenters. The van der Waals surface area contributed by atoms with Crippen molar-refractivity contribution in [1.82, 2.24) is 9.88 Å². The molecule has 5 heteroatoms. The zero-order valence-electron chi connectivity index (χ0n) is 12.2. The fraction of sp³-hybridized carbons (Fsp3) is 0.375. The normalized spacial score (nSPS) is 22.5. The summed E-state index contributed by atoms with van der Waals surface area (Å²) in [6.45, 7) is 5.08. The van der Waals surface area contributed by atoms with Gasteiger partial charge < -0.3 is 15.4 Å². The van der Waals surface area contributed by atoms with E-state index in [-0.39, 0.29) is 18.1 Å². The minimum Gasteiger partial charge on any atom is -0.398 e. The van der Waals surface area contributed by atoms with E-state index in [9.17, 15) is 4.79 Å². The highest BCUT2D eigenvalue weighted by molar-refractivity contribution is 5.99. The van der Waals surface area contributed by atoms with Gasteiger partial charge in [0.2, 0.25) is 0 Å². The first-order chi connectivity index (χ1) is 10.1. The third-order valence-corrected chi connectivity index (χ3v) is 3.84. The molecule has 1 amide bonds. The molecule has 0 bridgehead atoms. The summed E-state index contributed by atoms with van der Waals surface area (Å²) in [7, 11) is 0. The lowest BCUT2D eigenvalue weighted by atomic mass is 10.1. The van der Waals surface area contributed by atoms with E-state index < -0.39 is 0 Å². The molecule has 2 N–H and O–H groups in total. The molecule has 2 aromatic rings. The zero-order chi connectivity index (χ0) is 15.0. The van der Waals surface area contributed by atoms with Crippen molar-refractivity contribution < 1.29 is 9.53 Å². The van der Waals surface area contributed by atoms with E-state index >= 15 is 0 Å². The van der Waals surface area contributed by atoms with Gasteiger partial charge in [-0.1, -0.05) is 18.2 Å². The number of nitrogens with two attached hydrogens (primary N) is 1. The van der Waals surface area contributed by atoms with Crippen LogP contribution in [-0.4, -0.2) is 41.1 Å². The van der Waals surface area contributed by atoms with E-state index in [1.165, 1.54) is 0 Å². The summed E-state index contributed by atoms with van der Waals surface area (Å²) in [4.78, 5) is 19.0. The Hall–Kier alpha value is -2.14. The summed E-state index contributed by atoms with van der Waals surface area (Å²) < 4.78 is 5.56. The van der Waals surface area contributed by atoms with E-state index in [1.807, 2.05) is 43.0 Å². The van der Waals surface area contributed by atoms with Crippen LogP contribution >= 0.6 is 0 Å². The molecular weight excluding hydrogens is 266 g/mol. The van der Waals surface area contributed by atoms with E-state index in [1.54, 1.807) is 6.07 Å². The number of ether oxygens (including phenoxy) is 1. The van der Waals surface area contributed by atoms with Crippen LogP contribution in [0.3, 0.4) is 0 Å². The van der Waals surface area contributed by atoms with Gasteiger partial charge in [-0.3, -0.25) is 4.79 Å². The van der Waals surface area contributed by atoms with Crippen LogP contribution in [0, 0.1) is 0 Å². The number of para-hydroxylation sites is 1. The lowest BCUT2D eigenvalue weighted by molar-refractivity contribution is -0.0388. The Morgan fingerprint density at radius 1 is 1.38 bits per heavy atom. The van der Waals surface area contributed by atoms with Gasteiger partial charge >= 0.3 is 0 Å². The number of nitrogen functional groups attached to an aromatic ring is 1. The van der Waals surface area contributed by atoms with Crippen LogP contribution in [0.2, 0.25) is 0 Å². The molecule has 0 spiro atoms. The van der Waals surface area contributed by atoms with E-state index in [2.05, 4.69) is 4.98 Å². The molecule has 0 radical (unpaired) electrons. The lowest BCUT2D eigenvalue weighted by Crippen LogP contribution is -2.50. The monoisotopic (exact) mass is 285 g/mol. The Balaban J connectivity index is 1.97. The topological polar surface area (TPSA) is 68.5 Å². The molecule has 5 nitrogen and oxygen atoms in total. The number of pyridine rings is 1. The van der Waals surface area contributed by atoms with Crippen molar-refractivity contribution in [1.29, 1.82) is 0 Å². The minimum absolute atomic E-state index is 0.0444. The van der Waals surface area contributed by atoms with Crippen molar-refractivity contribution in [3.05, 3.63) is 36.0 Å². The number of fused-ring (bicyclic) bond motifs is 1. The third kappa shape index (κ3) is 2.56. The smallest absolute Gasteiger partial charge is 0.272 e. The first-order valence-corrected chi connectivity index (χ1v) is 7.14. The van der Waals surface area contributed by atoms with Crippen LogP contribution in [0.15, 0.2) is 30.3 Å². The number of nitrogens with zero attached hydrogens (tertiary/aromatic N) is 2. The number of carbonyl (C=O) groups excluding carboxylic acids is 1. The van der Waals surface area contributed by atoms with Gasteiger partial charge in [0.05, 0.1) is 24.3 Å². The fourth-order valence-corrected chi connectivity index (χ4v) is 2.65. The largest absolute Gasteiger partial charge is 0.398 e. The molecule has 1 aromatic heterocycles. The molecule has 2 unspecified atom stereocenters. The summed E-state index contributed by atoms with van der Waals surface area (Å²) >= 11 is 0. The van der Waals surface area contributed by atoms with Crippen molar-refractivity contribution in [2.45, 2.75) is 26.0 Å². The predicted molar refractivity (Wildman–Crippen MR) is 82.1 cm³/mol. The number of aromatic nitrogens is 1. The maximum atomic E-state index is 12.7. The van der Waals surface area contributed by atoms with Crippen LogP contribution < -0.4 is 5.73 Å². The maximum absolute atomic E-state index is 12.7. The van der Waals surface area contributed by atoms with Crippen LogP contribution in [-0.2, 0) is 4.74 Å². The summed E-state index contributed by atoms with van der Waals surface area (Å²) in [6, 6.07) is 9.29. The molecule has 1 aliphatic rings. The summed E-state index contributed by atoms with van der Waals surface area (Å²) in [5, 5.41) is 0.873. The number of carbonyl (C=O) groups is 1. The van der Waals surface area contributed by atoms with Crippen molar-refractivity contribution >= 4 is 22.5 Å². The van der Waals surface area contributed by atoms with Crippen molar-refractivity contribution in [2.75, 3.05) is 18.9 Å². The van der Waals surface area contributed by atoms with Crippen LogP contribution in [0.4, 0.5) is 5.69 Å². The Morgan fingerprint density at radius 3 is 2.95 bits per heavy atom. The quantitative estimate of drug-likeness (QED) is 0.871.